The van der Waals surface area contributed by atoms with Gasteiger partial charge >= 0.3 is 0 Å². The van der Waals surface area contributed by atoms with Crippen molar-refractivity contribution in [1.29, 1.82) is 0 Å². The summed E-state index contributed by atoms with van der Waals surface area (Å²) in [5.74, 6) is 0. The van der Waals surface area contributed by atoms with Gasteiger partial charge in [0.25, 0.3) is 0 Å². The predicted molar refractivity (Wildman–Crippen MR) is 115 cm³/mol. The van der Waals surface area contributed by atoms with E-state index < -0.39 is 0 Å². The molecule has 0 aliphatic heterocycles. The first kappa shape index (κ1) is 29.7. The molecule has 0 heterocycles. The van der Waals surface area contributed by atoms with Gasteiger partial charge in [0.1, 0.15) is 6.79 Å². The van der Waals surface area contributed by atoms with E-state index in [0.29, 0.717) is 92.4 Å². The summed E-state index contributed by atoms with van der Waals surface area (Å²) in [5, 5.41) is 3.40. The van der Waals surface area contributed by atoms with E-state index in [1.807, 2.05) is 6.92 Å². The molecule has 0 saturated carbocycles. The zero-order valence-electron chi connectivity index (χ0n) is 19.0. The van der Waals surface area contributed by atoms with Crippen LogP contribution in [0.25, 0.3) is 10.4 Å². The summed E-state index contributed by atoms with van der Waals surface area (Å²) in [6.45, 7) is 12.3. The van der Waals surface area contributed by atoms with Gasteiger partial charge in [-0.2, -0.15) is 0 Å². The number of hydrogen-bond donors (Lipinski definition) is 0. The van der Waals surface area contributed by atoms with Gasteiger partial charge in [-0.25, -0.2) is 0 Å². The van der Waals surface area contributed by atoms with Crippen LogP contribution in [0.3, 0.4) is 0 Å². The average Bonchev–Trinajstić information content (AvgIpc) is 2.76. The maximum atomic E-state index is 8.20. The molecule has 0 N–H and O–H groups in total. The molecule has 0 fully saturated rings. The van der Waals surface area contributed by atoms with E-state index in [0.717, 1.165) is 0 Å². The van der Waals surface area contributed by atoms with Gasteiger partial charge in [0.05, 0.1) is 85.9 Å². The molecule has 31 heavy (non-hydrogen) atoms. The Morgan fingerprint density at radius 1 is 0.774 bits per heavy atom. The highest BCUT2D eigenvalue weighted by atomic mass is 16.7. The second-order valence-electron chi connectivity index (χ2n) is 6.83. The fourth-order valence-corrected chi connectivity index (χ4v) is 2.18. The van der Waals surface area contributed by atoms with Gasteiger partial charge in [0.15, 0.2) is 0 Å². The zero-order chi connectivity index (χ0) is 22.9. The molecule has 0 saturated heterocycles. The SMILES string of the molecule is C=CCOCC(C)(COCCOCCN=[N+]=[N-])COCCOCCOCOCCOC. The Morgan fingerprint density at radius 3 is 1.87 bits per heavy atom. The molecule has 0 spiro atoms. The number of methoxy groups -OCH3 is 1. The summed E-state index contributed by atoms with van der Waals surface area (Å²) in [5.41, 5.74) is 7.89. The third-order valence-corrected chi connectivity index (χ3v) is 3.70. The van der Waals surface area contributed by atoms with Gasteiger partial charge in [-0.3, -0.25) is 0 Å². The number of azide groups is 1. The Labute approximate surface area is 185 Å². The van der Waals surface area contributed by atoms with Crippen LogP contribution in [0.2, 0.25) is 0 Å². The van der Waals surface area contributed by atoms with E-state index in [1.54, 1.807) is 13.2 Å². The lowest BCUT2D eigenvalue weighted by Gasteiger charge is -2.29. The Hall–Kier alpha value is -1.27. The Morgan fingerprint density at radius 2 is 1.29 bits per heavy atom. The van der Waals surface area contributed by atoms with Crippen molar-refractivity contribution < 1.29 is 37.9 Å². The second-order valence-corrected chi connectivity index (χ2v) is 6.83. The summed E-state index contributed by atoms with van der Waals surface area (Å²) in [7, 11) is 1.62. The minimum absolute atomic E-state index is 0.227. The van der Waals surface area contributed by atoms with Gasteiger partial charge in [0.2, 0.25) is 0 Å². The zero-order valence-corrected chi connectivity index (χ0v) is 19.0. The van der Waals surface area contributed by atoms with E-state index in [-0.39, 0.29) is 12.2 Å². The van der Waals surface area contributed by atoms with Gasteiger partial charge in [-0.05, 0) is 5.53 Å². The maximum Gasteiger partial charge on any atom is 0.146 e. The summed E-state index contributed by atoms with van der Waals surface area (Å²) in [4.78, 5) is 2.67. The normalized spacial score (nSPS) is 13.0. The lowest BCUT2D eigenvalue weighted by molar-refractivity contribution is -0.0873. The van der Waals surface area contributed by atoms with Gasteiger partial charge < -0.3 is 37.9 Å². The summed E-state index contributed by atoms with van der Waals surface area (Å²) >= 11 is 0. The first-order valence-corrected chi connectivity index (χ1v) is 10.3. The fraction of sp³-hybridized carbons (Fsp3) is 0.900. The highest BCUT2D eigenvalue weighted by molar-refractivity contribution is 4.75. The molecule has 0 aromatic carbocycles. The van der Waals surface area contributed by atoms with Gasteiger partial charge in [-0.15, -0.1) is 6.58 Å². The van der Waals surface area contributed by atoms with Crippen LogP contribution < -0.4 is 0 Å². The molecule has 0 rings (SSSR count). The average molecular weight is 450 g/mol. The van der Waals surface area contributed by atoms with Crippen molar-refractivity contribution in [3.05, 3.63) is 23.1 Å². The molecule has 0 bridgehead atoms. The second kappa shape index (κ2) is 23.4. The topological polar surface area (TPSA) is 123 Å². The van der Waals surface area contributed by atoms with Crippen LogP contribution in [-0.4, -0.2) is 106 Å². The molecular weight excluding hydrogens is 410 g/mol. The third kappa shape index (κ3) is 21.7. The summed E-state index contributed by atoms with van der Waals surface area (Å²) in [6, 6.07) is 0. The standard InChI is InChI=1S/C20H39N3O8/c1-4-6-27-16-20(2,17-28-13-10-25-7-5-22-23-21)18-29-14-11-26-12-15-31-19-30-9-8-24-3/h4H,1,5-19H2,2-3H3. The molecule has 0 aromatic rings. The Kier molecular flexibility index (Phi) is 22.4. The highest BCUT2D eigenvalue weighted by Gasteiger charge is 2.25. The first-order chi connectivity index (χ1) is 15.2. The van der Waals surface area contributed by atoms with E-state index >= 15 is 0 Å². The van der Waals surface area contributed by atoms with Crippen molar-refractivity contribution >= 4 is 0 Å². The van der Waals surface area contributed by atoms with Crippen LogP contribution in [-0.2, 0) is 37.9 Å². The van der Waals surface area contributed by atoms with Crippen LogP contribution in [0.15, 0.2) is 17.8 Å². The smallest absolute Gasteiger partial charge is 0.146 e. The summed E-state index contributed by atoms with van der Waals surface area (Å²) < 4.78 is 43.2. The minimum atomic E-state index is -0.309. The Bertz CT molecular complexity index is 452. The largest absolute Gasteiger partial charge is 0.382 e. The van der Waals surface area contributed by atoms with Crippen LogP contribution >= 0.6 is 0 Å². The van der Waals surface area contributed by atoms with Crippen LogP contribution in [0.1, 0.15) is 6.92 Å². The van der Waals surface area contributed by atoms with E-state index in [1.165, 1.54) is 0 Å². The van der Waals surface area contributed by atoms with Crippen LogP contribution in [0, 0.1) is 5.41 Å². The lowest BCUT2D eigenvalue weighted by Crippen LogP contribution is -2.35. The number of hydrogen-bond acceptors (Lipinski definition) is 9. The molecule has 0 radical (unpaired) electrons. The quantitative estimate of drug-likeness (QED) is 0.0519. The predicted octanol–water partition coefficient (Wildman–Crippen LogP) is 2.21. The molecule has 0 aliphatic carbocycles. The third-order valence-electron chi connectivity index (χ3n) is 3.70. The number of nitrogens with zero attached hydrogens (tertiary/aromatic N) is 3. The van der Waals surface area contributed by atoms with E-state index in [2.05, 4.69) is 16.6 Å². The molecule has 182 valence electrons. The van der Waals surface area contributed by atoms with Crippen molar-refractivity contribution in [3.8, 4) is 0 Å². The fourth-order valence-electron chi connectivity index (χ4n) is 2.18. The number of ether oxygens (including phenoxy) is 8. The monoisotopic (exact) mass is 449 g/mol. The Balaban J connectivity index is 3.82. The van der Waals surface area contributed by atoms with Gasteiger partial charge in [0, 0.05) is 24.0 Å². The van der Waals surface area contributed by atoms with E-state index in [9.17, 15) is 0 Å². The lowest BCUT2D eigenvalue weighted by atomic mass is 9.94. The summed E-state index contributed by atoms with van der Waals surface area (Å²) in [6.07, 6.45) is 1.71. The van der Waals surface area contributed by atoms with E-state index in [4.69, 9.17) is 43.4 Å². The molecule has 11 nitrogen and oxygen atoms in total. The maximum absolute atomic E-state index is 8.20. The van der Waals surface area contributed by atoms with Crippen LogP contribution in [0.4, 0.5) is 0 Å². The van der Waals surface area contributed by atoms with Crippen molar-refractivity contribution in [2.75, 3.05) is 106 Å². The number of rotatable bonds is 25. The minimum Gasteiger partial charge on any atom is -0.382 e. The van der Waals surface area contributed by atoms with Crippen molar-refractivity contribution in [3.63, 3.8) is 0 Å². The molecule has 0 aliphatic rings. The molecule has 11 heteroatoms. The molecule has 0 aromatic heterocycles. The molecule has 0 amide bonds. The molecule has 1 atom stereocenters. The van der Waals surface area contributed by atoms with Gasteiger partial charge in [-0.1, -0.05) is 18.1 Å². The van der Waals surface area contributed by atoms with Crippen LogP contribution in [0.5, 0.6) is 0 Å². The first-order valence-electron chi connectivity index (χ1n) is 10.3. The van der Waals surface area contributed by atoms with Crippen molar-refractivity contribution in [2.24, 2.45) is 10.5 Å². The highest BCUT2D eigenvalue weighted by Crippen LogP contribution is 2.18. The van der Waals surface area contributed by atoms with Crippen molar-refractivity contribution in [1.82, 2.24) is 0 Å². The molecule has 1 unspecified atom stereocenters. The molecular formula is C20H39N3O8. The van der Waals surface area contributed by atoms with Crippen molar-refractivity contribution in [2.45, 2.75) is 6.92 Å².